The number of nitrogens with one attached hydrogen (secondary N) is 2. The molecule has 0 saturated carbocycles. The van der Waals surface area contributed by atoms with Crippen LogP contribution in [0.4, 0.5) is 16.4 Å². The summed E-state index contributed by atoms with van der Waals surface area (Å²) in [6, 6.07) is 8.08. The van der Waals surface area contributed by atoms with Crippen molar-refractivity contribution in [3.63, 3.8) is 0 Å². The summed E-state index contributed by atoms with van der Waals surface area (Å²) in [5, 5.41) is 20.1. The summed E-state index contributed by atoms with van der Waals surface area (Å²) in [5.74, 6) is 1.43. The van der Waals surface area contributed by atoms with E-state index in [9.17, 15) is 14.9 Å². The van der Waals surface area contributed by atoms with Gasteiger partial charge in [0.25, 0.3) is 11.8 Å². The molecule has 0 spiro atoms. The van der Waals surface area contributed by atoms with Crippen molar-refractivity contribution < 1.29 is 23.8 Å². The Hall–Kier alpha value is -4.70. The number of benzene rings is 1. The Balaban J connectivity index is 0.979. The largest absolute Gasteiger partial charge is 0.487 e. The number of aromatic nitrogens is 4. The first-order chi connectivity index (χ1) is 19.4. The highest BCUT2D eigenvalue weighted by Crippen LogP contribution is 2.33. The second kappa shape index (κ2) is 10.8. The molecule has 40 heavy (non-hydrogen) atoms. The first kappa shape index (κ1) is 25.6. The first-order valence-electron chi connectivity index (χ1n) is 13.1. The molecule has 1 aromatic carbocycles. The maximum Gasteiger partial charge on any atom is 0.415 e. The fraction of sp³-hybridized carbons (Fsp3) is 0.407. The smallest absolute Gasteiger partial charge is 0.415 e. The maximum absolute atomic E-state index is 12.5. The lowest BCUT2D eigenvalue weighted by atomic mass is 10.0. The number of nitriles is 1. The number of nitrogens with zero attached hydrogens (tertiary/aromatic N) is 6. The van der Waals surface area contributed by atoms with E-state index in [2.05, 4.69) is 31.8 Å². The molecule has 0 bridgehead atoms. The third-order valence-electron chi connectivity index (χ3n) is 7.14. The minimum atomic E-state index is -0.501. The number of ether oxygens (including phenoxy) is 3. The Morgan fingerprint density at radius 1 is 1.30 bits per heavy atom. The van der Waals surface area contributed by atoms with E-state index in [1.165, 1.54) is 11.1 Å². The fourth-order valence-electron chi connectivity index (χ4n) is 5.24. The van der Waals surface area contributed by atoms with Crippen LogP contribution in [0.3, 0.4) is 0 Å². The van der Waals surface area contributed by atoms with Gasteiger partial charge in [-0.2, -0.15) is 10.4 Å². The van der Waals surface area contributed by atoms with Crippen LogP contribution in [0.5, 0.6) is 11.6 Å². The van der Waals surface area contributed by atoms with Crippen molar-refractivity contribution in [3.05, 3.63) is 53.0 Å². The van der Waals surface area contributed by atoms with Gasteiger partial charge in [-0.05, 0) is 67.6 Å². The monoisotopic (exact) mass is 544 g/mol. The Kier molecular flexibility index (Phi) is 6.91. The summed E-state index contributed by atoms with van der Waals surface area (Å²) < 4.78 is 18.4. The van der Waals surface area contributed by atoms with Gasteiger partial charge in [-0.3, -0.25) is 14.4 Å². The predicted octanol–water partition coefficient (Wildman–Crippen LogP) is 1.71. The minimum absolute atomic E-state index is 0.115. The van der Waals surface area contributed by atoms with E-state index in [4.69, 9.17) is 14.2 Å². The number of carbonyl (C=O) groups is 2. The predicted molar refractivity (Wildman–Crippen MR) is 141 cm³/mol. The van der Waals surface area contributed by atoms with Crippen LogP contribution in [-0.4, -0.2) is 64.1 Å². The number of rotatable bonds is 9. The highest BCUT2D eigenvalue weighted by Gasteiger charge is 2.34. The summed E-state index contributed by atoms with van der Waals surface area (Å²) in [5.41, 5.74) is 3.73. The van der Waals surface area contributed by atoms with E-state index in [1.807, 2.05) is 31.4 Å². The van der Waals surface area contributed by atoms with Crippen molar-refractivity contribution in [2.45, 2.75) is 32.0 Å². The zero-order chi connectivity index (χ0) is 27.6. The van der Waals surface area contributed by atoms with Gasteiger partial charge < -0.3 is 24.8 Å². The van der Waals surface area contributed by atoms with Crippen molar-refractivity contribution in [2.24, 2.45) is 13.0 Å². The molecule has 1 aliphatic carbocycles. The molecule has 2 aromatic heterocycles. The topological polar surface area (TPSA) is 157 Å². The lowest BCUT2D eigenvalue weighted by Gasteiger charge is -2.18. The average molecular weight is 545 g/mol. The zero-order valence-corrected chi connectivity index (χ0v) is 21.9. The third kappa shape index (κ3) is 5.39. The number of amides is 2. The van der Waals surface area contributed by atoms with Crippen LogP contribution in [0.1, 0.15) is 28.8 Å². The minimum Gasteiger partial charge on any atom is -0.487 e. The molecule has 2 atom stereocenters. The zero-order valence-electron chi connectivity index (χ0n) is 21.9. The maximum atomic E-state index is 12.5. The molecule has 206 valence electrons. The van der Waals surface area contributed by atoms with Gasteiger partial charge in [0.1, 0.15) is 18.5 Å². The van der Waals surface area contributed by atoms with Crippen LogP contribution in [-0.2, 0) is 36.0 Å². The normalized spacial score (nSPS) is 19.4. The molecule has 1 fully saturated rings. The van der Waals surface area contributed by atoms with Gasteiger partial charge in [0.15, 0.2) is 18.2 Å². The van der Waals surface area contributed by atoms with Gasteiger partial charge in [0.2, 0.25) is 0 Å². The second-order valence-electron chi connectivity index (χ2n) is 10.1. The fourth-order valence-corrected chi connectivity index (χ4v) is 5.24. The molecule has 3 aromatic rings. The van der Waals surface area contributed by atoms with Crippen molar-refractivity contribution in [1.82, 2.24) is 25.1 Å². The van der Waals surface area contributed by atoms with E-state index >= 15 is 0 Å². The van der Waals surface area contributed by atoms with Crippen molar-refractivity contribution in [3.8, 4) is 17.7 Å². The first-order valence-corrected chi connectivity index (χ1v) is 13.1. The van der Waals surface area contributed by atoms with Gasteiger partial charge in [-0.1, -0.05) is 0 Å². The SMILES string of the molecule is Cn1ccc(COc2cc(C#N)c3c(c2)CC(CNCCC2CN(c4cnc5c(n4)NC(=O)CO5)C(=O)O2)C3)n1. The van der Waals surface area contributed by atoms with Gasteiger partial charge >= 0.3 is 6.09 Å². The van der Waals surface area contributed by atoms with Crippen LogP contribution < -0.4 is 25.0 Å². The van der Waals surface area contributed by atoms with E-state index in [-0.39, 0.29) is 30.3 Å². The van der Waals surface area contributed by atoms with Gasteiger partial charge in [-0.15, -0.1) is 0 Å². The van der Waals surface area contributed by atoms with E-state index in [0.717, 1.165) is 36.2 Å². The molecule has 2 amide bonds. The third-order valence-corrected chi connectivity index (χ3v) is 7.14. The molecule has 0 radical (unpaired) electrons. The summed E-state index contributed by atoms with van der Waals surface area (Å²) in [6.07, 6.45) is 4.83. The van der Waals surface area contributed by atoms with Crippen LogP contribution in [0.15, 0.2) is 30.6 Å². The van der Waals surface area contributed by atoms with E-state index in [1.54, 1.807) is 4.68 Å². The van der Waals surface area contributed by atoms with Gasteiger partial charge in [-0.25, -0.2) is 14.8 Å². The van der Waals surface area contributed by atoms with Crippen molar-refractivity contribution in [1.29, 1.82) is 5.26 Å². The molecule has 2 aliphatic heterocycles. The highest BCUT2D eigenvalue weighted by molar-refractivity contribution is 5.94. The molecule has 1 saturated heterocycles. The quantitative estimate of drug-likeness (QED) is 0.380. The molecule has 3 aliphatic rings. The summed E-state index contributed by atoms with van der Waals surface area (Å²) in [4.78, 5) is 33.9. The Bertz CT molecular complexity index is 1500. The second-order valence-corrected chi connectivity index (χ2v) is 10.1. The molecule has 13 nitrogen and oxygen atoms in total. The number of carbonyl (C=O) groups excluding carboxylic acids is 2. The summed E-state index contributed by atoms with van der Waals surface area (Å²) >= 11 is 0. The number of hydrogen-bond acceptors (Lipinski definition) is 10. The molecule has 2 N–H and O–H groups in total. The molecule has 13 heteroatoms. The molecular formula is C27H28N8O5. The van der Waals surface area contributed by atoms with Crippen LogP contribution in [0.2, 0.25) is 0 Å². The summed E-state index contributed by atoms with van der Waals surface area (Å²) in [6.45, 7) is 2.02. The molecule has 6 rings (SSSR count). The number of fused-ring (bicyclic) bond motifs is 2. The van der Waals surface area contributed by atoms with Crippen LogP contribution in [0, 0.1) is 17.2 Å². The standard InChI is InChI=1S/C27H28N8O5/c1-34-5-3-19(33-34)14-38-21-8-17-6-16(7-22(17)18(9-21)10-28)11-29-4-2-20-13-35(27(37)40-20)23-12-30-26-25(31-23)32-24(36)15-39-26/h3,5,8-9,12,16,20,29H,2,4,6-7,11,13-15H2,1H3,(H,31,32,36). The Morgan fingerprint density at radius 3 is 3.02 bits per heavy atom. The highest BCUT2D eigenvalue weighted by atomic mass is 16.6. The molecule has 2 unspecified atom stereocenters. The lowest BCUT2D eigenvalue weighted by molar-refractivity contribution is -0.118. The molecule has 4 heterocycles. The number of aryl methyl sites for hydroxylation is 1. The van der Waals surface area contributed by atoms with E-state index < -0.39 is 6.09 Å². The van der Waals surface area contributed by atoms with Crippen LogP contribution >= 0.6 is 0 Å². The number of anilines is 2. The van der Waals surface area contributed by atoms with Crippen molar-refractivity contribution in [2.75, 3.05) is 36.5 Å². The van der Waals surface area contributed by atoms with E-state index in [0.29, 0.717) is 49.2 Å². The summed E-state index contributed by atoms with van der Waals surface area (Å²) in [7, 11) is 1.86. The average Bonchev–Trinajstić information content (AvgIpc) is 3.66. The van der Waals surface area contributed by atoms with Crippen LogP contribution in [0.25, 0.3) is 0 Å². The molecular weight excluding hydrogens is 516 g/mol. The number of hydrogen-bond donors (Lipinski definition) is 2. The Morgan fingerprint density at radius 2 is 2.20 bits per heavy atom. The van der Waals surface area contributed by atoms with Crippen molar-refractivity contribution >= 4 is 23.6 Å². The Labute approximate surface area is 230 Å². The lowest BCUT2D eigenvalue weighted by Crippen LogP contribution is -2.30. The van der Waals surface area contributed by atoms with Gasteiger partial charge in [0.05, 0.1) is 30.1 Å². The van der Waals surface area contributed by atoms with Gasteiger partial charge in [0, 0.05) is 13.2 Å². The number of cyclic esters (lactones) is 1.